The molecule has 114 valence electrons. The van der Waals surface area contributed by atoms with Crippen LogP contribution in [0.15, 0.2) is 0 Å². The molecule has 0 bridgehead atoms. The topological polar surface area (TPSA) is 36.9 Å². The van der Waals surface area contributed by atoms with Crippen LogP contribution in [0.2, 0.25) is 51.4 Å². The largest absolute Gasteiger partial charge is 0.416 e. The summed E-state index contributed by atoms with van der Waals surface area (Å²) in [7, 11) is -8.66. The highest BCUT2D eigenvalue weighted by Crippen LogP contribution is 2.34. The van der Waals surface area contributed by atoms with E-state index in [1.165, 1.54) is 0 Å². The van der Waals surface area contributed by atoms with Crippen molar-refractivity contribution in [2.75, 3.05) is 0 Å². The van der Waals surface area contributed by atoms with Gasteiger partial charge in [0.25, 0.3) is 0 Å². The predicted octanol–water partition coefficient (Wildman–Crippen LogP) is 4.04. The molecule has 8 heteroatoms. The first-order valence-electron chi connectivity index (χ1n) is 7.25. The lowest BCUT2D eigenvalue weighted by atomic mass is 10.6. The Labute approximate surface area is 122 Å². The summed E-state index contributed by atoms with van der Waals surface area (Å²) in [6, 6.07) is 1.95. The molecule has 0 N–H and O–H groups in total. The van der Waals surface area contributed by atoms with Crippen molar-refractivity contribution >= 4 is 34.2 Å². The first-order valence-corrected chi connectivity index (χ1v) is 17.9. The molecule has 0 aromatic carbocycles. The van der Waals surface area contributed by atoms with E-state index in [1.54, 1.807) is 0 Å². The summed E-state index contributed by atoms with van der Waals surface area (Å²) < 4.78 is 25.8. The highest BCUT2D eigenvalue weighted by Gasteiger charge is 2.52. The van der Waals surface area contributed by atoms with Gasteiger partial charge in [-0.25, -0.2) is 0 Å². The van der Waals surface area contributed by atoms with E-state index in [2.05, 4.69) is 53.1 Å². The Morgan fingerprint density at radius 1 is 0.632 bits per heavy atom. The lowest BCUT2D eigenvalue weighted by molar-refractivity contribution is 0.231. The van der Waals surface area contributed by atoms with Crippen LogP contribution >= 0.6 is 0 Å². The van der Waals surface area contributed by atoms with E-state index in [9.17, 15) is 0 Å². The molecule has 0 aromatic heterocycles. The van der Waals surface area contributed by atoms with Gasteiger partial charge < -0.3 is 16.5 Å². The minimum atomic E-state index is -2.17. The van der Waals surface area contributed by atoms with E-state index in [-0.39, 0.29) is 0 Å². The molecule has 0 amide bonds. The van der Waals surface area contributed by atoms with E-state index in [0.29, 0.717) is 0 Å². The van der Waals surface area contributed by atoms with Crippen LogP contribution in [0.25, 0.3) is 0 Å². The molecule has 1 rings (SSSR count). The maximum Gasteiger partial charge on any atom is 0.317 e. The van der Waals surface area contributed by atoms with Crippen LogP contribution in [-0.4, -0.2) is 34.2 Å². The fraction of sp³-hybridized carbons (Fsp3) is 1.00. The van der Waals surface area contributed by atoms with Crippen molar-refractivity contribution in [1.29, 1.82) is 0 Å². The highest BCUT2D eigenvalue weighted by molar-refractivity contribution is 6.93. The average molecular weight is 339 g/mol. The van der Waals surface area contributed by atoms with Gasteiger partial charge in [-0.1, -0.05) is 20.3 Å². The molecule has 0 atom stereocenters. The van der Waals surface area contributed by atoms with Gasteiger partial charge in [-0.3, -0.25) is 0 Å². The number of rotatable bonds is 3. The van der Waals surface area contributed by atoms with Crippen molar-refractivity contribution in [2.24, 2.45) is 0 Å². The third-order valence-corrected chi connectivity index (χ3v) is 20.7. The standard InChI is InChI=1S/C11H30O4Si4/c1-9-11-19(8)14-16(3,4)12-18(7,10-2)13-17(5,6)15-19/h9-11H2,1-8H3. The molecular formula is C11H30O4Si4. The van der Waals surface area contributed by atoms with Crippen LogP contribution in [0.4, 0.5) is 0 Å². The van der Waals surface area contributed by atoms with E-state index in [4.69, 9.17) is 16.5 Å². The molecule has 0 aliphatic carbocycles. The number of hydrogen-bond acceptors (Lipinski definition) is 4. The summed E-state index contributed by atoms with van der Waals surface area (Å²) >= 11 is 0. The third kappa shape index (κ3) is 5.19. The summed E-state index contributed by atoms with van der Waals surface area (Å²) in [4.78, 5) is 0. The van der Waals surface area contributed by atoms with Crippen molar-refractivity contribution in [3.63, 3.8) is 0 Å². The summed E-state index contributed by atoms with van der Waals surface area (Å²) in [6.45, 7) is 17.1. The van der Waals surface area contributed by atoms with E-state index >= 15 is 0 Å². The van der Waals surface area contributed by atoms with Gasteiger partial charge in [-0.2, -0.15) is 0 Å². The van der Waals surface area contributed by atoms with Gasteiger partial charge in [0.2, 0.25) is 0 Å². The molecule has 0 aromatic rings. The van der Waals surface area contributed by atoms with Gasteiger partial charge in [-0.05, 0) is 51.4 Å². The molecule has 1 fully saturated rings. The SMILES string of the molecule is CCC[Si]1(C)O[Si](C)(C)O[Si](C)(CC)O[Si](C)(C)O1. The minimum absolute atomic E-state index is 0.943. The molecule has 4 nitrogen and oxygen atoms in total. The third-order valence-electron chi connectivity index (χ3n) is 3.19. The van der Waals surface area contributed by atoms with Crippen molar-refractivity contribution in [3.05, 3.63) is 0 Å². The molecule has 0 unspecified atom stereocenters. The first-order chi connectivity index (χ1) is 8.45. The van der Waals surface area contributed by atoms with Crippen molar-refractivity contribution in [2.45, 2.75) is 71.6 Å². The Morgan fingerprint density at radius 2 is 1.00 bits per heavy atom. The highest BCUT2D eigenvalue weighted by atomic mass is 28.5. The van der Waals surface area contributed by atoms with Crippen LogP contribution in [0, 0.1) is 0 Å². The molecule has 1 aliphatic heterocycles. The maximum absolute atomic E-state index is 6.46. The summed E-state index contributed by atoms with van der Waals surface area (Å²) in [5.41, 5.74) is 0. The second kappa shape index (κ2) is 5.83. The number of hydrogen-bond donors (Lipinski definition) is 0. The van der Waals surface area contributed by atoms with Gasteiger partial charge in [-0.15, -0.1) is 0 Å². The van der Waals surface area contributed by atoms with Gasteiger partial charge in [0.05, 0.1) is 0 Å². The molecule has 0 saturated carbocycles. The Balaban J connectivity index is 3.05. The lowest BCUT2D eigenvalue weighted by Crippen LogP contribution is -2.65. The minimum Gasteiger partial charge on any atom is -0.416 e. The van der Waals surface area contributed by atoms with Crippen LogP contribution in [0.3, 0.4) is 0 Å². The van der Waals surface area contributed by atoms with Crippen LogP contribution < -0.4 is 0 Å². The van der Waals surface area contributed by atoms with Crippen LogP contribution in [0.5, 0.6) is 0 Å². The van der Waals surface area contributed by atoms with E-state index in [0.717, 1.165) is 18.5 Å². The average Bonchev–Trinajstić information content (AvgIpc) is 2.11. The Kier molecular flexibility index (Phi) is 5.45. The Hall–Kier alpha value is 0.708. The fourth-order valence-electron chi connectivity index (χ4n) is 2.86. The second-order valence-electron chi connectivity index (χ2n) is 6.58. The van der Waals surface area contributed by atoms with Gasteiger partial charge in [0.1, 0.15) is 0 Å². The molecule has 1 saturated heterocycles. The zero-order valence-corrected chi connectivity index (χ0v) is 17.8. The molecule has 0 spiro atoms. The normalized spacial score (nSPS) is 38.5. The quantitative estimate of drug-likeness (QED) is 0.728. The van der Waals surface area contributed by atoms with Gasteiger partial charge in [0.15, 0.2) is 0 Å². The molecule has 0 radical (unpaired) electrons. The molecule has 1 heterocycles. The monoisotopic (exact) mass is 338 g/mol. The molecule has 1 aliphatic rings. The van der Waals surface area contributed by atoms with Crippen molar-refractivity contribution in [1.82, 2.24) is 0 Å². The van der Waals surface area contributed by atoms with Gasteiger partial charge in [0, 0.05) is 0 Å². The predicted molar refractivity (Wildman–Crippen MR) is 88.1 cm³/mol. The molecule has 19 heavy (non-hydrogen) atoms. The fourth-order valence-corrected chi connectivity index (χ4v) is 24.5. The summed E-state index contributed by atoms with van der Waals surface area (Å²) in [5.74, 6) is 0. The van der Waals surface area contributed by atoms with Crippen LogP contribution in [-0.2, 0) is 16.5 Å². The van der Waals surface area contributed by atoms with Crippen molar-refractivity contribution in [3.8, 4) is 0 Å². The smallest absolute Gasteiger partial charge is 0.317 e. The summed E-state index contributed by atoms with van der Waals surface area (Å²) in [5, 5.41) is 0. The van der Waals surface area contributed by atoms with Gasteiger partial charge >= 0.3 is 34.2 Å². The van der Waals surface area contributed by atoms with Crippen molar-refractivity contribution < 1.29 is 16.5 Å². The maximum atomic E-state index is 6.46. The Morgan fingerprint density at radius 3 is 1.32 bits per heavy atom. The Bertz CT molecular complexity index is 302. The zero-order valence-electron chi connectivity index (χ0n) is 13.8. The van der Waals surface area contributed by atoms with E-state index in [1.807, 2.05) is 0 Å². The molecular weight excluding hydrogens is 308 g/mol. The lowest BCUT2D eigenvalue weighted by Gasteiger charge is -2.48. The summed E-state index contributed by atoms with van der Waals surface area (Å²) in [6.07, 6.45) is 1.08. The second-order valence-corrected chi connectivity index (χ2v) is 21.2. The van der Waals surface area contributed by atoms with E-state index < -0.39 is 34.2 Å². The van der Waals surface area contributed by atoms with Crippen LogP contribution in [0.1, 0.15) is 20.3 Å². The first kappa shape index (κ1) is 17.8. The zero-order chi connectivity index (χ0) is 14.9.